The molecule has 8 heterocycles. The molecule has 2 aliphatic rings. The molecular formula is C58H57Br2ClN12O7S. The second-order valence-electron chi connectivity index (χ2n) is 18.7. The first-order valence-corrected chi connectivity index (χ1v) is 27.7. The Morgan fingerprint density at radius 2 is 1.57 bits per heavy atom. The summed E-state index contributed by atoms with van der Waals surface area (Å²) < 4.78 is 19.1. The lowest BCUT2D eigenvalue weighted by Crippen LogP contribution is -2.27. The van der Waals surface area contributed by atoms with E-state index in [0.717, 1.165) is 84.5 Å². The Kier molecular flexibility index (Phi) is 21.6. The number of benzene rings is 4. The monoisotopic (exact) mass is 1260 g/mol. The third kappa shape index (κ3) is 19.0. The number of ketones is 1. The van der Waals surface area contributed by atoms with Crippen LogP contribution in [0.5, 0.6) is 0 Å². The third-order valence-electron chi connectivity index (χ3n) is 11.1. The molecule has 19 nitrogen and oxygen atoms in total. The minimum absolute atomic E-state index is 0.0623. The Balaban J connectivity index is 0.000000149. The van der Waals surface area contributed by atoms with Crippen molar-refractivity contribution >= 4 is 145 Å². The summed E-state index contributed by atoms with van der Waals surface area (Å²) in [5.41, 5.74) is 17.2. The first kappa shape index (κ1) is 60.5. The summed E-state index contributed by atoms with van der Waals surface area (Å²) in [6.07, 6.45) is 12.5. The van der Waals surface area contributed by atoms with Gasteiger partial charge in [0.25, 0.3) is 0 Å². The van der Waals surface area contributed by atoms with Crippen LogP contribution < -0.4 is 22.1 Å². The maximum absolute atomic E-state index is 12.2. The number of Topliss-reactive ketones (excluding diaryl/α,β-unsaturated/α-hetero) is 1. The number of carbonyl (C=O) groups is 3. The van der Waals surface area contributed by atoms with Crippen molar-refractivity contribution in [1.29, 1.82) is 0 Å². The molecule has 6 aromatic heterocycles. The molecule has 0 spiro atoms. The van der Waals surface area contributed by atoms with Gasteiger partial charge in [-0.1, -0.05) is 62.2 Å². The Morgan fingerprint density at radius 3 is 2.16 bits per heavy atom. The predicted molar refractivity (Wildman–Crippen MR) is 329 cm³/mol. The largest absolute Gasteiger partial charge is 0.477 e. The molecule has 0 bridgehead atoms. The zero-order chi connectivity index (χ0) is 58.1. The molecule has 1 unspecified atom stereocenters. The van der Waals surface area contributed by atoms with E-state index in [1.165, 1.54) is 39.7 Å². The van der Waals surface area contributed by atoms with E-state index in [4.69, 9.17) is 37.6 Å². The first-order valence-electron chi connectivity index (χ1n) is 24.9. The summed E-state index contributed by atoms with van der Waals surface area (Å²) in [5.74, 6) is 1.34. The lowest BCUT2D eigenvalue weighted by Gasteiger charge is -2.19. The molecule has 23 heteroatoms. The van der Waals surface area contributed by atoms with Crippen molar-refractivity contribution in [3.63, 3.8) is 0 Å². The van der Waals surface area contributed by atoms with Crippen molar-refractivity contribution in [2.75, 3.05) is 36.1 Å². The number of thiophene rings is 1. The normalized spacial score (nSPS) is 13.1. The molecule has 8 N–H and O–H groups in total. The van der Waals surface area contributed by atoms with E-state index < -0.39 is 17.7 Å². The number of nitrogen functional groups attached to an aromatic ring is 1. The number of ether oxygens (including phenoxy) is 2. The molecule has 4 aromatic carbocycles. The van der Waals surface area contributed by atoms with Gasteiger partial charge in [0.15, 0.2) is 5.78 Å². The van der Waals surface area contributed by atoms with Crippen molar-refractivity contribution < 1.29 is 33.4 Å². The van der Waals surface area contributed by atoms with Gasteiger partial charge < -0.3 is 46.1 Å². The summed E-state index contributed by atoms with van der Waals surface area (Å²) >= 11 is 13.8. The van der Waals surface area contributed by atoms with Gasteiger partial charge in [-0.15, -0.1) is 11.3 Å². The van der Waals surface area contributed by atoms with Crippen molar-refractivity contribution in [1.82, 2.24) is 34.7 Å². The van der Waals surface area contributed by atoms with Gasteiger partial charge in [0.2, 0.25) is 5.28 Å². The second-order valence-corrected chi connectivity index (χ2v) is 22.0. The highest BCUT2D eigenvalue weighted by Gasteiger charge is 2.20. The lowest BCUT2D eigenvalue weighted by atomic mass is 10.1. The second kappa shape index (κ2) is 28.9. The van der Waals surface area contributed by atoms with Gasteiger partial charge in [0.1, 0.15) is 34.2 Å². The molecule has 0 amide bonds. The summed E-state index contributed by atoms with van der Waals surface area (Å²) in [4.78, 5) is 57.8. The van der Waals surface area contributed by atoms with E-state index >= 15 is 0 Å². The number of aromatic carboxylic acids is 1. The number of rotatable bonds is 7. The molecule has 10 aromatic rings. The summed E-state index contributed by atoms with van der Waals surface area (Å²) in [6, 6.07) is 34.5. The lowest BCUT2D eigenvalue weighted by molar-refractivity contribution is 0.0522. The number of anilines is 5. The average Bonchev–Trinajstić information content (AvgIpc) is 4.30. The van der Waals surface area contributed by atoms with Crippen LogP contribution in [-0.2, 0) is 9.47 Å². The number of furan rings is 1. The Hall–Kier alpha value is -8.12. The fourth-order valence-corrected chi connectivity index (χ4v) is 9.27. The van der Waals surface area contributed by atoms with Crippen LogP contribution >= 0.6 is 54.8 Å². The number of halogens is 3. The number of fused-ring (bicyclic) bond motifs is 3. The average molecular weight is 1260 g/mol. The molecule has 1 fully saturated rings. The molecule has 2 aliphatic heterocycles. The maximum atomic E-state index is 12.2. The highest BCUT2D eigenvalue weighted by Crippen LogP contribution is 2.29. The van der Waals surface area contributed by atoms with E-state index in [1.807, 2.05) is 107 Å². The van der Waals surface area contributed by atoms with Crippen LogP contribution in [0.2, 0.25) is 5.28 Å². The van der Waals surface area contributed by atoms with Crippen LogP contribution in [0.25, 0.3) is 37.5 Å². The summed E-state index contributed by atoms with van der Waals surface area (Å²) in [7, 11) is 0. The zero-order valence-corrected chi connectivity index (χ0v) is 49.3. The Bertz CT molecular complexity index is 3710. The number of nitrogens with one attached hydrogen (secondary N) is 3. The smallest absolute Gasteiger partial charge is 0.435 e. The maximum Gasteiger partial charge on any atom is 0.435 e. The number of H-pyrrole nitrogens is 1. The number of carboxylic acids is 1. The van der Waals surface area contributed by atoms with Gasteiger partial charge >= 0.3 is 12.1 Å². The fraction of sp³-hybridized carbons (Fsp3) is 0.190. The number of nitrogens with two attached hydrogens (primary N) is 2. The molecule has 418 valence electrons. The molecule has 0 saturated carbocycles. The molecule has 1 atom stereocenters. The number of aryl methyl sites for hydroxylation is 1. The summed E-state index contributed by atoms with van der Waals surface area (Å²) in [5, 5.41) is 22.2. The molecule has 81 heavy (non-hydrogen) atoms. The predicted octanol–water partition coefficient (Wildman–Crippen LogP) is 14.1. The van der Waals surface area contributed by atoms with E-state index in [2.05, 4.69) is 100 Å². The minimum atomic E-state index is -0.864. The molecule has 12 rings (SSSR count). The van der Waals surface area contributed by atoms with Gasteiger partial charge in [-0.2, -0.15) is 9.78 Å². The van der Waals surface area contributed by atoms with Gasteiger partial charge in [0.05, 0.1) is 42.5 Å². The Labute approximate surface area is 492 Å². The third-order valence-corrected chi connectivity index (χ3v) is 13.4. The summed E-state index contributed by atoms with van der Waals surface area (Å²) in [6.45, 7) is 11.3. The van der Waals surface area contributed by atoms with Crippen LogP contribution in [0.15, 0.2) is 165 Å². The van der Waals surface area contributed by atoms with Crippen LogP contribution in [0.3, 0.4) is 0 Å². The van der Waals surface area contributed by atoms with Gasteiger partial charge in [0, 0.05) is 79.5 Å². The van der Waals surface area contributed by atoms with Crippen molar-refractivity contribution in [3.8, 4) is 0 Å². The number of allylic oxidation sites excluding steroid dienone is 1. The number of carbonyl (C=O) groups excluding carboxylic acids is 2. The van der Waals surface area contributed by atoms with E-state index in [1.54, 1.807) is 49.8 Å². The van der Waals surface area contributed by atoms with Crippen LogP contribution in [0, 0.1) is 6.92 Å². The Morgan fingerprint density at radius 1 is 0.864 bits per heavy atom. The van der Waals surface area contributed by atoms with Crippen molar-refractivity contribution in [3.05, 3.63) is 183 Å². The molecule has 0 aliphatic carbocycles. The number of hydrogen-bond acceptors (Lipinski definition) is 17. The number of carboxylic acid groups (broad SMARTS) is 1. The first-order chi connectivity index (χ1) is 38.7. The number of hydrogen-bond donors (Lipinski definition) is 6. The fourth-order valence-electron chi connectivity index (χ4n) is 7.31. The number of aliphatic imine (C=N–C) groups is 1. The highest BCUT2D eigenvalue weighted by molar-refractivity contribution is 9.10. The topological polar surface area (TPSA) is 277 Å². The zero-order valence-electron chi connectivity index (χ0n) is 44.6. The number of nitrogens with zero attached hydrogens (tertiary/aromatic N) is 7. The van der Waals surface area contributed by atoms with Gasteiger partial charge in [-0.25, -0.2) is 29.5 Å². The quantitative estimate of drug-likeness (QED) is 0.0639. The molecule has 0 radical (unpaired) electrons. The van der Waals surface area contributed by atoms with Crippen molar-refractivity contribution in [2.45, 2.75) is 52.7 Å². The molecular weight excluding hydrogens is 1200 g/mol. The van der Waals surface area contributed by atoms with E-state index in [-0.39, 0.29) is 11.1 Å². The van der Waals surface area contributed by atoms with E-state index in [0.29, 0.717) is 33.6 Å². The highest BCUT2D eigenvalue weighted by atomic mass is 79.9. The van der Waals surface area contributed by atoms with Crippen LogP contribution in [0.1, 0.15) is 65.7 Å². The van der Waals surface area contributed by atoms with E-state index in [9.17, 15) is 14.4 Å². The van der Waals surface area contributed by atoms with Crippen LogP contribution in [-0.4, -0.2) is 95.3 Å². The van der Waals surface area contributed by atoms with Crippen molar-refractivity contribution in [2.24, 2.45) is 10.7 Å². The van der Waals surface area contributed by atoms with Crippen LogP contribution in [0.4, 0.5) is 33.5 Å². The minimum Gasteiger partial charge on any atom is -0.477 e. The number of aromatic nitrogens is 7. The SMILES string of the molecule is CC(=O)c1cc2ccc(Br)cc2[nH]1.CC(C)(C)OC(=O)n1ncc2cc(Nc3ccnc(Cl)n3)ccc21.Cc1nccc(Nc2ccc(C3=CCN=C3)cc2)n1.NC1CCOC1.Nc1ccoc1.O=C(O)c1cc2ccc(Br)cc2s1. The molecule has 1 saturated heterocycles. The van der Waals surface area contributed by atoms with Gasteiger partial charge in [-0.05, 0) is 147 Å². The number of aromatic amines is 1. The van der Waals surface area contributed by atoms with Gasteiger partial charge in [-0.3, -0.25) is 9.79 Å². The standard InChI is InChI=1S/C16H16ClN5O2.C15H14N4.C10H8BrNO.C9H5BrO2S.C4H9NO.C4H5NO/c1-16(2,3)24-15(23)22-12-5-4-11(8-10(12)9-19-22)20-13-6-7-18-14(17)21-13;1-11-17-9-7-15(18-11)19-14-4-2-12(3-5-14)13-6-8-16-10-13;1-6(13)9-4-7-2-3-8(11)5-10(7)12-9;10-6-2-1-5-3-8(9(11)12)13-7(5)4-6;2*5-4-1-2-6-3-4/h4-9H,1-3H3,(H,18,20,21);2-7,9-10H,8H2,1H3,(H,17,18,19);2-5,12H,1H3;1-4H,(H,11,12);4H,1-3,5H2;1-3H,5H2.